The lowest BCUT2D eigenvalue weighted by molar-refractivity contribution is 0.973. The molecule has 0 unspecified atom stereocenters. The van der Waals surface area contributed by atoms with E-state index in [1.54, 1.807) is 17.8 Å². The number of nitriles is 1. The van der Waals surface area contributed by atoms with Gasteiger partial charge in [-0.25, -0.2) is 4.98 Å². The molecule has 2 aromatic carbocycles. The first-order valence-corrected chi connectivity index (χ1v) is 8.40. The van der Waals surface area contributed by atoms with Crippen molar-refractivity contribution in [3.8, 4) is 17.5 Å². The Bertz CT molecular complexity index is 831. The van der Waals surface area contributed by atoms with Crippen molar-refractivity contribution in [1.82, 2.24) is 15.2 Å². The van der Waals surface area contributed by atoms with Gasteiger partial charge in [0.25, 0.3) is 0 Å². The van der Waals surface area contributed by atoms with Gasteiger partial charge in [-0.1, -0.05) is 55.1 Å². The Morgan fingerprint density at radius 1 is 1.13 bits per heavy atom. The molecular formula is C18H16N4S. The Kier molecular flexibility index (Phi) is 4.74. The van der Waals surface area contributed by atoms with E-state index in [4.69, 9.17) is 5.26 Å². The van der Waals surface area contributed by atoms with Gasteiger partial charge in [0.1, 0.15) is 0 Å². The standard InChI is InChI=1S/C18H16N4S/c1-2-13-6-8-16(9-7-13)17-20-18(22-21-17)23-12-15-5-3-4-14(10-15)11-19/h3-10H,2,12H2,1H3,(H,20,21,22). The molecule has 5 heteroatoms. The van der Waals surface area contributed by atoms with Crippen LogP contribution >= 0.6 is 11.8 Å². The van der Waals surface area contributed by atoms with Crippen LogP contribution < -0.4 is 0 Å². The average molecular weight is 320 g/mol. The van der Waals surface area contributed by atoms with Gasteiger partial charge in [-0.05, 0) is 29.7 Å². The second kappa shape index (κ2) is 7.12. The summed E-state index contributed by atoms with van der Waals surface area (Å²) in [4.78, 5) is 4.52. The van der Waals surface area contributed by atoms with Gasteiger partial charge in [-0.2, -0.15) is 5.26 Å². The van der Waals surface area contributed by atoms with E-state index in [1.165, 1.54) is 5.56 Å². The van der Waals surface area contributed by atoms with Gasteiger partial charge < -0.3 is 0 Å². The van der Waals surface area contributed by atoms with Crippen molar-refractivity contribution in [2.45, 2.75) is 24.3 Å². The summed E-state index contributed by atoms with van der Waals surface area (Å²) in [5.41, 5.74) is 4.11. The maximum absolute atomic E-state index is 8.93. The number of thioether (sulfide) groups is 1. The highest BCUT2D eigenvalue weighted by atomic mass is 32.2. The predicted molar refractivity (Wildman–Crippen MR) is 91.9 cm³/mol. The van der Waals surface area contributed by atoms with Gasteiger partial charge >= 0.3 is 0 Å². The Morgan fingerprint density at radius 3 is 2.70 bits per heavy atom. The largest absolute Gasteiger partial charge is 0.258 e. The lowest BCUT2D eigenvalue weighted by atomic mass is 10.1. The molecule has 0 amide bonds. The lowest BCUT2D eigenvalue weighted by Gasteiger charge is -1.99. The van der Waals surface area contributed by atoms with Gasteiger partial charge in [0.05, 0.1) is 11.6 Å². The zero-order valence-corrected chi connectivity index (χ0v) is 13.6. The molecule has 0 spiro atoms. The number of hydrogen-bond donors (Lipinski definition) is 1. The third-order valence-electron chi connectivity index (χ3n) is 3.52. The molecular weight excluding hydrogens is 304 g/mol. The van der Waals surface area contributed by atoms with Crippen LogP contribution in [0.2, 0.25) is 0 Å². The molecule has 0 saturated heterocycles. The number of H-pyrrole nitrogens is 1. The van der Waals surface area contributed by atoms with E-state index in [0.717, 1.165) is 29.1 Å². The smallest absolute Gasteiger partial charge is 0.209 e. The maximum Gasteiger partial charge on any atom is 0.209 e. The minimum atomic E-state index is 0.676. The molecule has 0 aliphatic carbocycles. The molecule has 114 valence electrons. The highest BCUT2D eigenvalue weighted by Crippen LogP contribution is 2.23. The molecule has 1 N–H and O–H groups in total. The second-order valence-corrected chi connectivity index (χ2v) is 6.06. The Balaban J connectivity index is 1.68. The summed E-state index contributed by atoms with van der Waals surface area (Å²) in [6, 6.07) is 18.1. The van der Waals surface area contributed by atoms with Crippen LogP contribution in [0.1, 0.15) is 23.6 Å². The van der Waals surface area contributed by atoms with Crippen LogP contribution in [-0.2, 0) is 12.2 Å². The highest BCUT2D eigenvalue weighted by Gasteiger charge is 2.07. The fourth-order valence-corrected chi connectivity index (χ4v) is 2.96. The quantitative estimate of drug-likeness (QED) is 0.716. The molecule has 0 saturated carbocycles. The Hall–Kier alpha value is -2.58. The van der Waals surface area contributed by atoms with Gasteiger partial charge in [-0.3, -0.25) is 5.10 Å². The van der Waals surface area contributed by atoms with Crippen molar-refractivity contribution < 1.29 is 0 Å². The van der Waals surface area contributed by atoms with Crippen LogP contribution in [-0.4, -0.2) is 15.2 Å². The zero-order valence-electron chi connectivity index (χ0n) is 12.8. The zero-order chi connectivity index (χ0) is 16.1. The lowest BCUT2D eigenvalue weighted by Crippen LogP contribution is -1.84. The molecule has 1 heterocycles. The first kappa shape index (κ1) is 15.3. The van der Waals surface area contributed by atoms with E-state index in [-0.39, 0.29) is 0 Å². The molecule has 3 rings (SSSR count). The molecule has 4 nitrogen and oxygen atoms in total. The summed E-state index contributed by atoms with van der Waals surface area (Å²) >= 11 is 1.55. The topological polar surface area (TPSA) is 65.4 Å². The molecule has 0 radical (unpaired) electrons. The third-order valence-corrected chi connectivity index (χ3v) is 4.44. The van der Waals surface area contributed by atoms with Gasteiger partial charge in [0.2, 0.25) is 5.16 Å². The SMILES string of the molecule is CCc1ccc(-c2nc(SCc3cccc(C#N)c3)n[nH]2)cc1. The van der Waals surface area contributed by atoms with E-state index >= 15 is 0 Å². The summed E-state index contributed by atoms with van der Waals surface area (Å²) in [5.74, 6) is 1.52. The molecule has 0 aliphatic heterocycles. The van der Waals surface area contributed by atoms with Crippen molar-refractivity contribution in [3.05, 3.63) is 65.2 Å². The fourth-order valence-electron chi connectivity index (χ4n) is 2.22. The van der Waals surface area contributed by atoms with Crippen LogP contribution in [0, 0.1) is 11.3 Å². The summed E-state index contributed by atoms with van der Waals surface area (Å²) in [5, 5.41) is 16.9. The van der Waals surface area contributed by atoms with Crippen molar-refractivity contribution in [2.24, 2.45) is 0 Å². The average Bonchev–Trinajstić information content (AvgIpc) is 3.09. The minimum Gasteiger partial charge on any atom is -0.258 e. The number of aromatic nitrogens is 3. The van der Waals surface area contributed by atoms with Gasteiger partial charge in [0.15, 0.2) is 5.82 Å². The number of rotatable bonds is 5. The number of aromatic amines is 1. The van der Waals surface area contributed by atoms with E-state index < -0.39 is 0 Å². The number of nitrogens with zero attached hydrogens (tertiary/aromatic N) is 3. The first-order chi connectivity index (χ1) is 11.3. The van der Waals surface area contributed by atoms with Crippen LogP contribution in [0.4, 0.5) is 0 Å². The molecule has 23 heavy (non-hydrogen) atoms. The van der Waals surface area contributed by atoms with Gasteiger partial charge in [0, 0.05) is 11.3 Å². The third kappa shape index (κ3) is 3.79. The number of aryl methyl sites for hydroxylation is 1. The van der Waals surface area contributed by atoms with E-state index in [1.807, 2.05) is 18.2 Å². The molecule has 0 bridgehead atoms. The molecule has 0 fully saturated rings. The molecule has 0 atom stereocenters. The molecule has 0 aliphatic rings. The monoisotopic (exact) mass is 320 g/mol. The van der Waals surface area contributed by atoms with E-state index in [2.05, 4.69) is 52.4 Å². The van der Waals surface area contributed by atoms with Crippen molar-refractivity contribution in [3.63, 3.8) is 0 Å². The molecule has 3 aromatic rings. The number of hydrogen-bond acceptors (Lipinski definition) is 4. The Morgan fingerprint density at radius 2 is 1.96 bits per heavy atom. The highest BCUT2D eigenvalue weighted by molar-refractivity contribution is 7.98. The van der Waals surface area contributed by atoms with Crippen LogP contribution in [0.3, 0.4) is 0 Å². The minimum absolute atomic E-state index is 0.676. The van der Waals surface area contributed by atoms with Crippen LogP contribution in [0.25, 0.3) is 11.4 Å². The van der Waals surface area contributed by atoms with E-state index in [9.17, 15) is 0 Å². The first-order valence-electron chi connectivity index (χ1n) is 7.42. The molecule has 1 aromatic heterocycles. The number of benzene rings is 2. The summed E-state index contributed by atoms with van der Waals surface area (Å²) in [7, 11) is 0. The summed E-state index contributed by atoms with van der Waals surface area (Å²) < 4.78 is 0. The van der Waals surface area contributed by atoms with Crippen molar-refractivity contribution >= 4 is 11.8 Å². The predicted octanol–water partition coefficient (Wildman–Crippen LogP) is 4.20. The van der Waals surface area contributed by atoms with E-state index in [0.29, 0.717) is 10.7 Å². The van der Waals surface area contributed by atoms with Crippen molar-refractivity contribution in [1.29, 1.82) is 5.26 Å². The summed E-state index contributed by atoms with van der Waals surface area (Å²) in [6.45, 7) is 2.14. The van der Waals surface area contributed by atoms with Gasteiger partial charge in [-0.15, -0.1) is 5.10 Å². The fraction of sp³-hybridized carbons (Fsp3) is 0.167. The maximum atomic E-state index is 8.93. The number of nitrogens with one attached hydrogen (secondary N) is 1. The van der Waals surface area contributed by atoms with Crippen molar-refractivity contribution in [2.75, 3.05) is 0 Å². The van der Waals surface area contributed by atoms with Crippen LogP contribution in [0.15, 0.2) is 53.7 Å². The van der Waals surface area contributed by atoms with Crippen LogP contribution in [0.5, 0.6) is 0 Å². The normalized spacial score (nSPS) is 10.4. The summed E-state index contributed by atoms with van der Waals surface area (Å²) in [6.07, 6.45) is 1.03. The Labute approximate surface area is 139 Å². The second-order valence-electron chi connectivity index (χ2n) is 5.12.